The first-order chi connectivity index (χ1) is 5.77. The second-order valence-corrected chi connectivity index (χ2v) is 4.28. The lowest BCUT2D eigenvalue weighted by atomic mass is 9.87. The van der Waals surface area contributed by atoms with Crippen molar-refractivity contribution in [2.24, 2.45) is 5.92 Å². The van der Waals surface area contributed by atoms with Crippen LogP contribution in [0.1, 0.15) is 39.0 Å². The van der Waals surface area contributed by atoms with E-state index in [4.69, 9.17) is 0 Å². The van der Waals surface area contributed by atoms with Crippen molar-refractivity contribution in [1.82, 2.24) is 4.90 Å². The van der Waals surface area contributed by atoms with E-state index in [9.17, 15) is 4.79 Å². The van der Waals surface area contributed by atoms with E-state index in [1.165, 1.54) is 25.7 Å². The summed E-state index contributed by atoms with van der Waals surface area (Å²) in [6, 6.07) is 0.593. The highest BCUT2D eigenvalue weighted by Crippen LogP contribution is 2.29. The maximum Gasteiger partial charge on any atom is 0.223 e. The third-order valence-electron chi connectivity index (χ3n) is 3.15. The molecular formula is C10H17NO. The van der Waals surface area contributed by atoms with Crippen LogP contribution in [0, 0.1) is 5.92 Å². The summed E-state index contributed by atoms with van der Waals surface area (Å²) >= 11 is 0. The molecule has 2 aliphatic heterocycles. The molecule has 2 fully saturated rings. The third kappa shape index (κ3) is 1.35. The molecule has 0 unspecified atom stereocenters. The largest absolute Gasteiger partial charge is 0.340 e. The Kier molecular flexibility index (Phi) is 2.07. The number of hydrogen-bond donors (Lipinski definition) is 0. The summed E-state index contributed by atoms with van der Waals surface area (Å²) in [4.78, 5) is 13.7. The molecular weight excluding hydrogens is 150 g/mol. The monoisotopic (exact) mass is 167 g/mol. The summed E-state index contributed by atoms with van der Waals surface area (Å²) in [5, 5.41) is 0. The number of hydrogen-bond acceptors (Lipinski definition) is 1. The Labute approximate surface area is 73.9 Å². The Balaban J connectivity index is 2.06. The first-order valence-electron chi connectivity index (χ1n) is 5.07. The van der Waals surface area contributed by atoms with Crippen LogP contribution < -0.4 is 0 Å². The van der Waals surface area contributed by atoms with E-state index < -0.39 is 0 Å². The molecule has 2 rings (SSSR count). The molecule has 2 heterocycles. The maximum atomic E-state index is 11.6. The molecule has 0 bridgehead atoms. The van der Waals surface area contributed by atoms with Gasteiger partial charge in [-0.2, -0.15) is 0 Å². The fourth-order valence-corrected chi connectivity index (χ4v) is 2.54. The van der Waals surface area contributed by atoms with Gasteiger partial charge in [-0.05, 0) is 31.6 Å². The van der Waals surface area contributed by atoms with Gasteiger partial charge in [0.15, 0.2) is 0 Å². The zero-order valence-electron chi connectivity index (χ0n) is 7.75. The molecule has 0 aromatic carbocycles. The summed E-state index contributed by atoms with van der Waals surface area (Å²) in [6.45, 7) is 3.22. The molecule has 2 saturated heterocycles. The van der Waals surface area contributed by atoms with Crippen LogP contribution in [0.4, 0.5) is 0 Å². The van der Waals surface area contributed by atoms with E-state index in [1.54, 1.807) is 0 Å². The van der Waals surface area contributed by atoms with Gasteiger partial charge in [0.2, 0.25) is 5.91 Å². The van der Waals surface area contributed by atoms with Gasteiger partial charge in [0.05, 0.1) is 0 Å². The van der Waals surface area contributed by atoms with Crippen molar-refractivity contribution in [2.75, 3.05) is 6.54 Å². The minimum absolute atomic E-state index is 0.401. The molecule has 68 valence electrons. The number of nitrogens with zero attached hydrogens (tertiary/aromatic N) is 1. The molecule has 2 aliphatic rings. The lowest BCUT2D eigenvalue weighted by Gasteiger charge is -2.41. The van der Waals surface area contributed by atoms with Crippen molar-refractivity contribution >= 4 is 5.91 Å². The van der Waals surface area contributed by atoms with Crippen molar-refractivity contribution in [3.05, 3.63) is 0 Å². The van der Waals surface area contributed by atoms with Gasteiger partial charge >= 0.3 is 0 Å². The average molecular weight is 167 g/mol. The maximum absolute atomic E-state index is 11.6. The predicted octanol–water partition coefficient (Wildman–Crippen LogP) is 1.80. The van der Waals surface area contributed by atoms with Gasteiger partial charge in [-0.3, -0.25) is 4.79 Å². The lowest BCUT2D eigenvalue weighted by Crippen LogP contribution is -2.48. The second kappa shape index (κ2) is 3.08. The molecule has 0 aliphatic carbocycles. The van der Waals surface area contributed by atoms with E-state index in [0.717, 1.165) is 13.0 Å². The highest BCUT2D eigenvalue weighted by Gasteiger charge is 2.32. The highest BCUT2D eigenvalue weighted by molar-refractivity contribution is 5.77. The molecule has 2 heteroatoms. The number of amides is 1. The molecule has 2 nitrogen and oxygen atoms in total. The topological polar surface area (TPSA) is 20.3 Å². The van der Waals surface area contributed by atoms with E-state index in [2.05, 4.69) is 11.8 Å². The van der Waals surface area contributed by atoms with E-state index in [-0.39, 0.29) is 0 Å². The summed E-state index contributed by atoms with van der Waals surface area (Å²) < 4.78 is 0. The molecule has 0 aromatic heterocycles. The molecule has 0 spiro atoms. The van der Waals surface area contributed by atoms with Gasteiger partial charge in [0.25, 0.3) is 0 Å². The van der Waals surface area contributed by atoms with Crippen LogP contribution in [-0.2, 0) is 4.79 Å². The highest BCUT2D eigenvalue weighted by atomic mass is 16.2. The Hall–Kier alpha value is -0.530. The zero-order valence-corrected chi connectivity index (χ0v) is 7.75. The number of fused-ring (bicyclic) bond motifs is 1. The van der Waals surface area contributed by atoms with Crippen LogP contribution >= 0.6 is 0 Å². The smallest absolute Gasteiger partial charge is 0.223 e. The summed E-state index contributed by atoms with van der Waals surface area (Å²) in [5.74, 6) is 1.02. The number of carbonyl (C=O) groups excluding carboxylic acids is 1. The van der Waals surface area contributed by atoms with Gasteiger partial charge in [-0.15, -0.1) is 0 Å². The van der Waals surface area contributed by atoms with Gasteiger partial charge in [-0.25, -0.2) is 0 Å². The first-order valence-corrected chi connectivity index (χ1v) is 5.07. The minimum atomic E-state index is 0.401. The molecule has 2 atom stereocenters. The Bertz CT molecular complexity index is 190. The van der Waals surface area contributed by atoms with Crippen molar-refractivity contribution in [1.29, 1.82) is 0 Å². The number of piperidine rings is 2. The number of carbonyl (C=O) groups is 1. The average Bonchev–Trinajstić information content (AvgIpc) is 2.04. The molecule has 1 amide bonds. The summed E-state index contributed by atoms with van der Waals surface area (Å²) in [6.07, 6.45) is 5.82. The number of rotatable bonds is 0. The first kappa shape index (κ1) is 8.09. The molecule has 12 heavy (non-hydrogen) atoms. The van der Waals surface area contributed by atoms with Crippen LogP contribution in [0.3, 0.4) is 0 Å². The Morgan fingerprint density at radius 1 is 1.42 bits per heavy atom. The molecule has 0 radical (unpaired) electrons. The van der Waals surface area contributed by atoms with Crippen molar-refractivity contribution in [3.63, 3.8) is 0 Å². The van der Waals surface area contributed by atoms with Gasteiger partial charge in [-0.1, -0.05) is 6.92 Å². The van der Waals surface area contributed by atoms with Crippen molar-refractivity contribution in [2.45, 2.75) is 45.1 Å². The summed E-state index contributed by atoms with van der Waals surface area (Å²) in [7, 11) is 0. The standard InChI is InChI=1S/C10H17NO/c1-8-6-9-4-2-3-5-11(9)10(12)7-8/h8-9H,2-7H2,1H3/t8-,9-/m0/s1. The van der Waals surface area contributed by atoms with Gasteiger partial charge in [0, 0.05) is 19.0 Å². The van der Waals surface area contributed by atoms with Crippen molar-refractivity contribution < 1.29 is 4.79 Å². The molecule has 0 N–H and O–H groups in total. The van der Waals surface area contributed by atoms with E-state index in [1.807, 2.05) is 0 Å². The van der Waals surface area contributed by atoms with Crippen LogP contribution in [0.15, 0.2) is 0 Å². The lowest BCUT2D eigenvalue weighted by molar-refractivity contribution is -0.139. The van der Waals surface area contributed by atoms with E-state index in [0.29, 0.717) is 17.9 Å². The van der Waals surface area contributed by atoms with Gasteiger partial charge < -0.3 is 4.90 Å². The minimum Gasteiger partial charge on any atom is -0.340 e. The Morgan fingerprint density at radius 3 is 3.08 bits per heavy atom. The fraction of sp³-hybridized carbons (Fsp3) is 0.900. The Morgan fingerprint density at radius 2 is 2.25 bits per heavy atom. The zero-order chi connectivity index (χ0) is 8.55. The van der Waals surface area contributed by atoms with Crippen LogP contribution in [0.5, 0.6) is 0 Å². The quantitative estimate of drug-likeness (QED) is 0.538. The molecule has 0 aromatic rings. The SMILES string of the molecule is C[C@@H]1CC(=O)N2CCCC[C@H]2C1. The van der Waals surface area contributed by atoms with Crippen molar-refractivity contribution in [3.8, 4) is 0 Å². The van der Waals surface area contributed by atoms with Crippen LogP contribution in [0.25, 0.3) is 0 Å². The van der Waals surface area contributed by atoms with Gasteiger partial charge in [0.1, 0.15) is 0 Å². The van der Waals surface area contributed by atoms with Crippen LogP contribution in [-0.4, -0.2) is 23.4 Å². The predicted molar refractivity (Wildman–Crippen MR) is 47.8 cm³/mol. The molecule has 0 saturated carbocycles. The third-order valence-corrected chi connectivity index (χ3v) is 3.15. The fourth-order valence-electron chi connectivity index (χ4n) is 2.54. The van der Waals surface area contributed by atoms with E-state index >= 15 is 0 Å². The second-order valence-electron chi connectivity index (χ2n) is 4.28. The normalized spacial score (nSPS) is 36.4. The van der Waals surface area contributed by atoms with Crippen LogP contribution in [0.2, 0.25) is 0 Å². The summed E-state index contributed by atoms with van der Waals surface area (Å²) in [5.41, 5.74) is 0.